The minimum Gasteiger partial charge on any atom is -0.459 e. The Morgan fingerprint density at radius 2 is 2.00 bits per heavy atom. The Bertz CT molecular complexity index is 329. The van der Waals surface area contributed by atoms with Crippen molar-refractivity contribution < 1.29 is 19.4 Å². The lowest BCUT2D eigenvalue weighted by molar-refractivity contribution is -0.162. The molecule has 0 bridgehead atoms. The third kappa shape index (κ3) is 5.44. The molecule has 1 aromatic carbocycles. The first-order valence-corrected chi connectivity index (χ1v) is 5.38. The van der Waals surface area contributed by atoms with Crippen molar-refractivity contribution >= 4 is 5.97 Å². The highest BCUT2D eigenvalue weighted by Crippen LogP contribution is 2.02. The van der Waals surface area contributed by atoms with Gasteiger partial charge in [-0.25, -0.2) is 9.90 Å². The van der Waals surface area contributed by atoms with Crippen LogP contribution in [-0.4, -0.2) is 31.8 Å². The first-order valence-electron chi connectivity index (χ1n) is 5.38. The maximum absolute atomic E-state index is 11.3. The van der Waals surface area contributed by atoms with Gasteiger partial charge in [0.2, 0.25) is 6.10 Å². The Morgan fingerprint density at radius 1 is 1.29 bits per heavy atom. The summed E-state index contributed by atoms with van der Waals surface area (Å²) >= 11 is 0. The third-order valence-corrected chi connectivity index (χ3v) is 2.02. The van der Waals surface area contributed by atoms with Crippen molar-refractivity contribution in [3.05, 3.63) is 35.9 Å². The van der Waals surface area contributed by atoms with Gasteiger partial charge in [-0.1, -0.05) is 30.3 Å². The lowest BCUT2D eigenvalue weighted by Gasteiger charge is -2.09. The van der Waals surface area contributed by atoms with Gasteiger partial charge in [0.05, 0.1) is 13.2 Å². The molecule has 17 heavy (non-hydrogen) atoms. The molecule has 0 spiro atoms. The zero-order valence-electron chi connectivity index (χ0n) is 9.50. The van der Waals surface area contributed by atoms with Crippen molar-refractivity contribution in [3.8, 4) is 0 Å². The van der Waals surface area contributed by atoms with Crippen molar-refractivity contribution in [2.75, 3.05) is 19.8 Å². The van der Waals surface area contributed by atoms with Crippen LogP contribution < -0.4 is 5.73 Å². The molecule has 93 valence electrons. The number of esters is 1. The van der Waals surface area contributed by atoms with E-state index in [0.29, 0.717) is 6.54 Å². The second-order valence-electron chi connectivity index (χ2n) is 3.45. The fourth-order valence-corrected chi connectivity index (χ4v) is 1.16. The number of nitrogens with two attached hydrogens (primary N) is 1. The Hall–Kier alpha value is -1.43. The van der Waals surface area contributed by atoms with Gasteiger partial charge in [0.25, 0.3) is 0 Å². The summed E-state index contributed by atoms with van der Waals surface area (Å²) in [6, 6.07) is 9.17. The Labute approximate surface area is 100 Å². The first-order chi connectivity index (χ1) is 8.24. The van der Waals surface area contributed by atoms with Crippen LogP contribution in [0.3, 0.4) is 0 Å². The molecule has 0 aliphatic rings. The van der Waals surface area contributed by atoms with Gasteiger partial charge in [-0.05, 0) is 5.56 Å². The van der Waals surface area contributed by atoms with Gasteiger partial charge in [0, 0.05) is 6.54 Å². The predicted octanol–water partition coefficient (Wildman–Crippen LogP) is 0.504. The molecule has 0 aliphatic heterocycles. The SMILES string of the molecule is NCCOCC([O])C(=O)OCc1ccccc1. The number of hydrogen-bond acceptors (Lipinski definition) is 4. The maximum atomic E-state index is 11.3. The van der Waals surface area contributed by atoms with Crippen LogP contribution in [0.4, 0.5) is 0 Å². The molecule has 1 aromatic rings. The molecule has 0 aromatic heterocycles. The van der Waals surface area contributed by atoms with E-state index in [4.69, 9.17) is 15.2 Å². The number of ether oxygens (including phenoxy) is 2. The Kier molecular flexibility index (Phi) is 6.24. The number of rotatable bonds is 7. The van der Waals surface area contributed by atoms with Gasteiger partial charge < -0.3 is 15.2 Å². The van der Waals surface area contributed by atoms with Crippen LogP contribution in [0.15, 0.2) is 30.3 Å². The molecule has 0 aliphatic carbocycles. The smallest absolute Gasteiger partial charge is 0.341 e. The van der Waals surface area contributed by atoms with Crippen LogP contribution in [0.2, 0.25) is 0 Å². The molecule has 2 N–H and O–H groups in total. The summed E-state index contributed by atoms with van der Waals surface area (Å²) in [6.07, 6.45) is -1.51. The number of carbonyl (C=O) groups excluding carboxylic acids is 1. The molecular weight excluding hydrogens is 222 g/mol. The summed E-state index contributed by atoms with van der Waals surface area (Å²) in [7, 11) is 0. The Balaban J connectivity index is 2.24. The molecule has 0 heterocycles. The average molecular weight is 238 g/mol. The van der Waals surface area contributed by atoms with Crippen LogP contribution in [0.1, 0.15) is 5.56 Å². The minimum absolute atomic E-state index is 0.106. The lowest BCUT2D eigenvalue weighted by Crippen LogP contribution is -2.27. The van der Waals surface area contributed by atoms with Gasteiger partial charge in [-0.2, -0.15) is 0 Å². The third-order valence-electron chi connectivity index (χ3n) is 2.02. The van der Waals surface area contributed by atoms with Crippen molar-refractivity contribution in [3.63, 3.8) is 0 Å². The highest BCUT2D eigenvalue weighted by molar-refractivity contribution is 5.74. The molecule has 0 saturated carbocycles. The van der Waals surface area contributed by atoms with Crippen molar-refractivity contribution in [2.45, 2.75) is 12.7 Å². The zero-order chi connectivity index (χ0) is 12.5. The van der Waals surface area contributed by atoms with Crippen molar-refractivity contribution in [2.24, 2.45) is 5.73 Å². The van der Waals surface area contributed by atoms with E-state index in [1.807, 2.05) is 30.3 Å². The predicted molar refractivity (Wildman–Crippen MR) is 60.6 cm³/mol. The fourth-order valence-electron chi connectivity index (χ4n) is 1.16. The standard InChI is InChI=1S/C12H16NO4/c13-6-7-16-9-11(14)12(15)17-8-10-4-2-1-3-5-10/h1-5,11H,6-9,13H2. The van der Waals surface area contributed by atoms with Crippen molar-refractivity contribution in [1.29, 1.82) is 0 Å². The second kappa shape index (κ2) is 7.78. The number of hydrogen-bond donors (Lipinski definition) is 1. The molecule has 0 fully saturated rings. The second-order valence-corrected chi connectivity index (χ2v) is 3.45. The van der Waals surface area contributed by atoms with E-state index in [1.165, 1.54) is 0 Å². The average Bonchev–Trinajstić information content (AvgIpc) is 2.37. The fraction of sp³-hybridized carbons (Fsp3) is 0.417. The summed E-state index contributed by atoms with van der Waals surface area (Å²) in [5.41, 5.74) is 6.03. The first kappa shape index (κ1) is 13.6. The Morgan fingerprint density at radius 3 is 2.65 bits per heavy atom. The zero-order valence-corrected chi connectivity index (χ0v) is 9.50. The van der Waals surface area contributed by atoms with Crippen LogP contribution in [0.25, 0.3) is 0 Å². The van der Waals surface area contributed by atoms with Crippen LogP contribution in [-0.2, 0) is 26.0 Å². The lowest BCUT2D eigenvalue weighted by atomic mass is 10.2. The van der Waals surface area contributed by atoms with Gasteiger partial charge in [0.15, 0.2) is 0 Å². The van der Waals surface area contributed by atoms with E-state index in [9.17, 15) is 9.90 Å². The van der Waals surface area contributed by atoms with Gasteiger partial charge in [-0.3, -0.25) is 0 Å². The summed E-state index contributed by atoms with van der Waals surface area (Å²) in [6.45, 7) is 0.497. The van der Waals surface area contributed by atoms with E-state index in [0.717, 1.165) is 5.56 Å². The van der Waals surface area contributed by atoms with Gasteiger partial charge in [0.1, 0.15) is 6.61 Å². The largest absolute Gasteiger partial charge is 0.459 e. The van der Waals surface area contributed by atoms with Crippen LogP contribution >= 0.6 is 0 Å². The summed E-state index contributed by atoms with van der Waals surface area (Å²) in [4.78, 5) is 11.3. The maximum Gasteiger partial charge on any atom is 0.341 e. The molecule has 1 atom stereocenters. The topological polar surface area (TPSA) is 81.5 Å². The molecular formula is C12H16NO4. The minimum atomic E-state index is -1.51. The normalized spacial score (nSPS) is 12.1. The molecule has 1 unspecified atom stereocenters. The molecule has 0 amide bonds. The van der Waals surface area contributed by atoms with Gasteiger partial charge >= 0.3 is 5.97 Å². The highest BCUT2D eigenvalue weighted by Gasteiger charge is 2.18. The molecule has 1 rings (SSSR count). The van der Waals surface area contributed by atoms with E-state index < -0.39 is 12.1 Å². The van der Waals surface area contributed by atoms with E-state index in [2.05, 4.69) is 0 Å². The van der Waals surface area contributed by atoms with Crippen LogP contribution in [0, 0.1) is 0 Å². The summed E-state index contributed by atoms with van der Waals surface area (Å²) in [5.74, 6) is -0.800. The monoisotopic (exact) mass is 238 g/mol. The quantitative estimate of drug-likeness (QED) is 0.554. The van der Waals surface area contributed by atoms with Gasteiger partial charge in [-0.15, -0.1) is 0 Å². The number of benzene rings is 1. The molecule has 0 saturated heterocycles. The van der Waals surface area contributed by atoms with E-state index in [1.54, 1.807) is 0 Å². The van der Waals surface area contributed by atoms with Crippen molar-refractivity contribution in [1.82, 2.24) is 0 Å². The number of carbonyl (C=O) groups is 1. The van der Waals surface area contributed by atoms with E-state index >= 15 is 0 Å². The molecule has 5 heteroatoms. The molecule has 5 nitrogen and oxygen atoms in total. The van der Waals surface area contributed by atoms with E-state index in [-0.39, 0.29) is 19.8 Å². The molecule has 1 radical (unpaired) electrons. The summed E-state index contributed by atoms with van der Waals surface area (Å²) < 4.78 is 9.74. The van der Waals surface area contributed by atoms with Crippen LogP contribution in [0.5, 0.6) is 0 Å². The highest BCUT2D eigenvalue weighted by atomic mass is 16.6. The summed E-state index contributed by atoms with van der Waals surface area (Å²) in [5, 5.41) is 11.3.